The van der Waals surface area contributed by atoms with E-state index < -0.39 is 5.60 Å². The summed E-state index contributed by atoms with van der Waals surface area (Å²) >= 11 is 1.93. The zero-order chi connectivity index (χ0) is 14.4. The molecule has 0 aliphatic carbocycles. The number of benzene rings is 1. The maximum atomic E-state index is 10.4. The van der Waals surface area contributed by atoms with E-state index in [1.807, 2.05) is 37.7 Å². The summed E-state index contributed by atoms with van der Waals surface area (Å²) in [5, 5.41) is 13.8. The molecule has 0 bridgehead atoms. The van der Waals surface area contributed by atoms with Crippen molar-refractivity contribution in [3.05, 3.63) is 29.8 Å². The van der Waals surface area contributed by atoms with E-state index in [0.717, 1.165) is 36.6 Å². The van der Waals surface area contributed by atoms with E-state index in [-0.39, 0.29) is 6.10 Å². The van der Waals surface area contributed by atoms with Gasteiger partial charge in [-0.3, -0.25) is 0 Å². The van der Waals surface area contributed by atoms with Crippen LogP contribution in [0.1, 0.15) is 32.3 Å². The lowest BCUT2D eigenvalue weighted by molar-refractivity contribution is 0.0320. The van der Waals surface area contributed by atoms with Crippen molar-refractivity contribution in [1.29, 1.82) is 0 Å². The standard InChI is InChI=1S/C16H25NO2S/c1-13(2)19-15-5-3-4-14(10-15)11-17-12-16(18)6-8-20-9-7-16/h3-5,10,13,17-18H,6-9,11-12H2,1-2H3. The molecule has 1 fully saturated rings. The molecular formula is C16H25NO2S. The van der Waals surface area contributed by atoms with E-state index in [1.54, 1.807) is 0 Å². The quantitative estimate of drug-likeness (QED) is 0.847. The lowest BCUT2D eigenvalue weighted by Gasteiger charge is -2.32. The van der Waals surface area contributed by atoms with Crippen molar-refractivity contribution in [1.82, 2.24) is 5.32 Å². The van der Waals surface area contributed by atoms with Gasteiger partial charge in [0.05, 0.1) is 11.7 Å². The molecule has 112 valence electrons. The van der Waals surface area contributed by atoms with Gasteiger partial charge in [-0.25, -0.2) is 0 Å². The molecule has 0 atom stereocenters. The largest absolute Gasteiger partial charge is 0.491 e. The molecule has 0 saturated carbocycles. The van der Waals surface area contributed by atoms with Gasteiger partial charge in [-0.15, -0.1) is 0 Å². The molecule has 0 amide bonds. The van der Waals surface area contributed by atoms with E-state index in [4.69, 9.17) is 4.74 Å². The number of hydrogen-bond donors (Lipinski definition) is 2. The van der Waals surface area contributed by atoms with Crippen LogP contribution in [0.2, 0.25) is 0 Å². The van der Waals surface area contributed by atoms with Crippen molar-refractivity contribution in [2.24, 2.45) is 0 Å². The molecule has 4 heteroatoms. The third-order valence-corrected chi connectivity index (χ3v) is 4.46. The van der Waals surface area contributed by atoms with Crippen LogP contribution in [0.15, 0.2) is 24.3 Å². The highest BCUT2D eigenvalue weighted by atomic mass is 32.2. The van der Waals surface area contributed by atoms with E-state index in [1.165, 1.54) is 5.56 Å². The van der Waals surface area contributed by atoms with E-state index in [0.29, 0.717) is 6.54 Å². The van der Waals surface area contributed by atoms with Crippen LogP contribution in [0, 0.1) is 0 Å². The van der Waals surface area contributed by atoms with Crippen molar-refractivity contribution in [3.63, 3.8) is 0 Å². The number of nitrogens with one attached hydrogen (secondary N) is 1. The monoisotopic (exact) mass is 295 g/mol. The highest BCUT2D eigenvalue weighted by Crippen LogP contribution is 2.26. The minimum atomic E-state index is -0.517. The zero-order valence-electron chi connectivity index (χ0n) is 12.4. The Labute approximate surface area is 126 Å². The Morgan fingerprint density at radius 3 is 2.80 bits per heavy atom. The summed E-state index contributed by atoms with van der Waals surface area (Å²) in [5.74, 6) is 3.04. The second kappa shape index (κ2) is 7.34. The Morgan fingerprint density at radius 2 is 2.10 bits per heavy atom. The number of aliphatic hydroxyl groups is 1. The number of rotatable bonds is 6. The van der Waals surface area contributed by atoms with Crippen molar-refractivity contribution < 1.29 is 9.84 Å². The van der Waals surface area contributed by atoms with Gasteiger partial charge in [0.2, 0.25) is 0 Å². The average molecular weight is 295 g/mol. The fourth-order valence-electron chi connectivity index (χ4n) is 2.37. The fraction of sp³-hybridized carbons (Fsp3) is 0.625. The molecule has 3 nitrogen and oxygen atoms in total. The predicted octanol–water partition coefficient (Wildman–Crippen LogP) is 2.82. The van der Waals surface area contributed by atoms with Crippen LogP contribution < -0.4 is 10.1 Å². The molecule has 1 aliphatic heterocycles. The summed E-state index contributed by atoms with van der Waals surface area (Å²) in [5.41, 5.74) is 0.675. The van der Waals surface area contributed by atoms with Crippen LogP contribution in [0.5, 0.6) is 5.75 Å². The number of hydrogen-bond acceptors (Lipinski definition) is 4. The normalized spacial score (nSPS) is 18.2. The average Bonchev–Trinajstić information content (AvgIpc) is 2.39. The highest BCUT2D eigenvalue weighted by Gasteiger charge is 2.28. The molecule has 0 spiro atoms. The third-order valence-electron chi connectivity index (χ3n) is 3.48. The van der Waals surface area contributed by atoms with Gasteiger partial charge in [0.25, 0.3) is 0 Å². The molecule has 2 N–H and O–H groups in total. The van der Waals surface area contributed by atoms with Gasteiger partial charge in [-0.05, 0) is 55.9 Å². The summed E-state index contributed by atoms with van der Waals surface area (Å²) in [6, 6.07) is 8.14. The van der Waals surface area contributed by atoms with Crippen molar-refractivity contribution in [2.75, 3.05) is 18.1 Å². The Hall–Kier alpha value is -0.710. The van der Waals surface area contributed by atoms with Gasteiger partial charge < -0.3 is 15.2 Å². The van der Waals surface area contributed by atoms with Crippen LogP contribution in [-0.2, 0) is 6.54 Å². The summed E-state index contributed by atoms with van der Waals surface area (Å²) in [7, 11) is 0. The first kappa shape index (κ1) is 15.7. The highest BCUT2D eigenvalue weighted by molar-refractivity contribution is 7.99. The lowest BCUT2D eigenvalue weighted by atomic mass is 9.97. The lowest BCUT2D eigenvalue weighted by Crippen LogP contribution is -2.43. The summed E-state index contributed by atoms with van der Waals surface area (Å²) < 4.78 is 5.69. The fourth-order valence-corrected chi connectivity index (χ4v) is 3.62. The first-order valence-electron chi connectivity index (χ1n) is 7.34. The van der Waals surface area contributed by atoms with Gasteiger partial charge in [0.1, 0.15) is 5.75 Å². The third kappa shape index (κ3) is 5.00. The van der Waals surface area contributed by atoms with Crippen molar-refractivity contribution in [3.8, 4) is 5.75 Å². The summed E-state index contributed by atoms with van der Waals surface area (Å²) in [4.78, 5) is 0. The zero-order valence-corrected chi connectivity index (χ0v) is 13.2. The molecule has 1 aromatic carbocycles. The van der Waals surface area contributed by atoms with Crippen LogP contribution in [-0.4, -0.2) is 34.9 Å². The SMILES string of the molecule is CC(C)Oc1cccc(CNCC2(O)CCSCC2)c1. The molecule has 2 rings (SSSR count). The molecular weight excluding hydrogens is 270 g/mol. The molecule has 20 heavy (non-hydrogen) atoms. The number of ether oxygens (including phenoxy) is 1. The maximum absolute atomic E-state index is 10.4. The predicted molar refractivity (Wildman–Crippen MR) is 85.4 cm³/mol. The molecule has 1 aromatic rings. The topological polar surface area (TPSA) is 41.5 Å². The Kier molecular flexibility index (Phi) is 5.75. The van der Waals surface area contributed by atoms with E-state index in [2.05, 4.69) is 17.4 Å². The Balaban J connectivity index is 1.81. The maximum Gasteiger partial charge on any atom is 0.120 e. The van der Waals surface area contributed by atoms with Crippen LogP contribution in [0.25, 0.3) is 0 Å². The van der Waals surface area contributed by atoms with Gasteiger partial charge in [-0.1, -0.05) is 12.1 Å². The Bertz CT molecular complexity index is 417. The van der Waals surface area contributed by atoms with Gasteiger partial charge in [0, 0.05) is 13.1 Å². The molecule has 0 unspecified atom stereocenters. The van der Waals surface area contributed by atoms with Gasteiger partial charge >= 0.3 is 0 Å². The van der Waals surface area contributed by atoms with Crippen molar-refractivity contribution in [2.45, 2.75) is 44.9 Å². The second-order valence-electron chi connectivity index (χ2n) is 5.75. The first-order chi connectivity index (χ1) is 9.57. The smallest absolute Gasteiger partial charge is 0.120 e. The minimum Gasteiger partial charge on any atom is -0.491 e. The van der Waals surface area contributed by atoms with Crippen LogP contribution >= 0.6 is 11.8 Å². The molecule has 1 aliphatic rings. The van der Waals surface area contributed by atoms with Crippen molar-refractivity contribution >= 4 is 11.8 Å². The Morgan fingerprint density at radius 1 is 1.35 bits per heavy atom. The number of thioether (sulfide) groups is 1. The molecule has 1 heterocycles. The summed E-state index contributed by atoms with van der Waals surface area (Å²) in [6.07, 6.45) is 1.97. The van der Waals surface area contributed by atoms with Crippen LogP contribution in [0.3, 0.4) is 0 Å². The first-order valence-corrected chi connectivity index (χ1v) is 8.49. The minimum absolute atomic E-state index is 0.193. The second-order valence-corrected chi connectivity index (χ2v) is 6.98. The van der Waals surface area contributed by atoms with Gasteiger partial charge in [0.15, 0.2) is 0 Å². The van der Waals surface area contributed by atoms with Gasteiger partial charge in [-0.2, -0.15) is 11.8 Å². The molecule has 0 radical (unpaired) electrons. The summed E-state index contributed by atoms with van der Waals surface area (Å²) in [6.45, 7) is 5.50. The molecule has 0 aromatic heterocycles. The van der Waals surface area contributed by atoms with E-state index in [9.17, 15) is 5.11 Å². The molecule has 1 saturated heterocycles. The van der Waals surface area contributed by atoms with Crippen LogP contribution in [0.4, 0.5) is 0 Å². The van der Waals surface area contributed by atoms with E-state index >= 15 is 0 Å².